The topological polar surface area (TPSA) is 58.1 Å². The van der Waals surface area contributed by atoms with E-state index in [1.807, 2.05) is 17.5 Å². The van der Waals surface area contributed by atoms with Gasteiger partial charge in [-0.2, -0.15) is 0 Å². The number of carbonyl (C=O) groups is 1. The molecule has 20 heavy (non-hydrogen) atoms. The van der Waals surface area contributed by atoms with Crippen LogP contribution in [0.25, 0.3) is 0 Å². The molecule has 0 saturated carbocycles. The highest BCUT2D eigenvalue weighted by atomic mass is 32.1. The van der Waals surface area contributed by atoms with E-state index in [0.29, 0.717) is 12.1 Å². The molecule has 3 rings (SSSR count). The molecule has 1 N–H and O–H groups in total. The van der Waals surface area contributed by atoms with Crippen LogP contribution in [0.1, 0.15) is 28.1 Å². The van der Waals surface area contributed by atoms with Gasteiger partial charge >= 0.3 is 0 Å². The lowest BCUT2D eigenvalue weighted by Gasteiger charge is -2.14. The Balaban J connectivity index is 1.60. The molecule has 1 amide bonds. The maximum absolute atomic E-state index is 12.0. The Kier molecular flexibility index (Phi) is 3.92. The van der Waals surface area contributed by atoms with Gasteiger partial charge in [0.25, 0.3) is 5.91 Å². The van der Waals surface area contributed by atoms with Crippen molar-refractivity contribution in [3.63, 3.8) is 0 Å². The average Bonchev–Trinajstić information content (AvgIpc) is 3.18. The van der Waals surface area contributed by atoms with Crippen molar-refractivity contribution in [3.8, 4) is 0 Å². The molecule has 3 heterocycles. The molecule has 0 spiro atoms. The first-order chi connectivity index (χ1) is 9.83. The van der Waals surface area contributed by atoms with Crippen LogP contribution >= 0.6 is 11.3 Å². The summed E-state index contributed by atoms with van der Waals surface area (Å²) in [6.45, 7) is 2.55. The molecule has 5 nitrogen and oxygen atoms in total. The molecule has 0 bridgehead atoms. The van der Waals surface area contributed by atoms with Crippen LogP contribution in [0.2, 0.25) is 0 Å². The number of amides is 1. The highest BCUT2D eigenvalue weighted by Gasteiger charge is 2.15. The van der Waals surface area contributed by atoms with Crippen LogP contribution in [0.15, 0.2) is 29.9 Å². The van der Waals surface area contributed by atoms with Crippen molar-refractivity contribution in [3.05, 3.63) is 40.3 Å². The van der Waals surface area contributed by atoms with Crippen LogP contribution in [-0.4, -0.2) is 29.0 Å². The third-order valence-corrected chi connectivity index (χ3v) is 4.17. The molecular weight excluding hydrogens is 272 g/mol. The fourth-order valence-electron chi connectivity index (χ4n) is 2.20. The molecule has 2 aromatic rings. The van der Waals surface area contributed by atoms with Crippen LogP contribution in [0.3, 0.4) is 0 Å². The summed E-state index contributed by atoms with van der Waals surface area (Å²) >= 11 is 1.63. The van der Waals surface area contributed by atoms with Gasteiger partial charge in [0.2, 0.25) is 5.95 Å². The number of thiophene rings is 1. The lowest BCUT2D eigenvalue weighted by Crippen LogP contribution is -2.24. The minimum Gasteiger partial charge on any atom is -0.347 e. The Morgan fingerprint density at radius 1 is 1.30 bits per heavy atom. The normalized spacial score (nSPS) is 14.5. The smallest absolute Gasteiger partial charge is 0.254 e. The Hall–Kier alpha value is -1.95. The van der Waals surface area contributed by atoms with Crippen molar-refractivity contribution >= 4 is 23.2 Å². The summed E-state index contributed by atoms with van der Waals surface area (Å²) in [7, 11) is 0. The molecule has 1 saturated heterocycles. The van der Waals surface area contributed by atoms with E-state index in [1.165, 1.54) is 12.8 Å². The summed E-state index contributed by atoms with van der Waals surface area (Å²) in [6.07, 6.45) is 5.58. The van der Waals surface area contributed by atoms with Crippen molar-refractivity contribution in [2.75, 3.05) is 18.0 Å². The number of hydrogen-bond acceptors (Lipinski definition) is 5. The Morgan fingerprint density at radius 2 is 2.05 bits per heavy atom. The fraction of sp³-hybridized carbons (Fsp3) is 0.357. The average molecular weight is 288 g/mol. The van der Waals surface area contributed by atoms with Gasteiger partial charge < -0.3 is 10.2 Å². The lowest BCUT2D eigenvalue weighted by atomic mass is 10.3. The van der Waals surface area contributed by atoms with Gasteiger partial charge in [-0.05, 0) is 24.3 Å². The highest BCUT2D eigenvalue weighted by molar-refractivity contribution is 7.09. The quantitative estimate of drug-likeness (QED) is 0.935. The molecule has 104 valence electrons. The van der Waals surface area contributed by atoms with E-state index in [2.05, 4.69) is 20.2 Å². The second-order valence-electron chi connectivity index (χ2n) is 4.73. The van der Waals surface area contributed by atoms with Crippen LogP contribution in [-0.2, 0) is 6.54 Å². The van der Waals surface area contributed by atoms with Crippen LogP contribution in [0.4, 0.5) is 5.95 Å². The Morgan fingerprint density at radius 3 is 2.70 bits per heavy atom. The maximum atomic E-state index is 12.0. The van der Waals surface area contributed by atoms with Crippen molar-refractivity contribution in [2.45, 2.75) is 19.4 Å². The lowest BCUT2D eigenvalue weighted by molar-refractivity contribution is 0.0950. The second kappa shape index (κ2) is 6.00. The van der Waals surface area contributed by atoms with Gasteiger partial charge in [0.15, 0.2) is 0 Å². The second-order valence-corrected chi connectivity index (χ2v) is 5.76. The van der Waals surface area contributed by atoms with E-state index in [9.17, 15) is 4.79 Å². The van der Waals surface area contributed by atoms with E-state index in [0.717, 1.165) is 23.9 Å². The first kappa shape index (κ1) is 13.1. The summed E-state index contributed by atoms with van der Waals surface area (Å²) < 4.78 is 0. The molecule has 1 fully saturated rings. The van der Waals surface area contributed by atoms with E-state index >= 15 is 0 Å². The molecular formula is C14H16N4OS. The largest absolute Gasteiger partial charge is 0.347 e. The zero-order valence-electron chi connectivity index (χ0n) is 11.1. The predicted molar refractivity (Wildman–Crippen MR) is 79.0 cm³/mol. The number of nitrogens with zero attached hydrogens (tertiary/aromatic N) is 3. The van der Waals surface area contributed by atoms with Crippen molar-refractivity contribution in [1.82, 2.24) is 15.3 Å². The van der Waals surface area contributed by atoms with Gasteiger partial charge in [0.1, 0.15) is 0 Å². The summed E-state index contributed by atoms with van der Waals surface area (Å²) in [5, 5.41) is 4.86. The number of aromatic nitrogens is 2. The molecule has 0 aliphatic carbocycles. The number of carbonyl (C=O) groups excluding carboxylic acids is 1. The minimum absolute atomic E-state index is 0.133. The van der Waals surface area contributed by atoms with Gasteiger partial charge in [-0.3, -0.25) is 4.79 Å². The van der Waals surface area contributed by atoms with Gasteiger partial charge in [0.05, 0.1) is 12.1 Å². The van der Waals surface area contributed by atoms with E-state index in [4.69, 9.17) is 0 Å². The number of nitrogens with one attached hydrogen (secondary N) is 1. The van der Waals surface area contributed by atoms with Crippen LogP contribution in [0.5, 0.6) is 0 Å². The van der Waals surface area contributed by atoms with Crippen LogP contribution in [0, 0.1) is 0 Å². The van der Waals surface area contributed by atoms with Gasteiger partial charge in [-0.25, -0.2) is 9.97 Å². The molecule has 1 aliphatic heterocycles. The Labute approximate surface area is 121 Å². The minimum atomic E-state index is -0.133. The number of anilines is 1. The number of rotatable bonds is 4. The predicted octanol–water partition coefficient (Wildman–Crippen LogP) is 2.07. The van der Waals surface area contributed by atoms with E-state index < -0.39 is 0 Å². The SMILES string of the molecule is O=C(NCc1cccs1)c1cnc(N2CCCC2)nc1. The van der Waals surface area contributed by atoms with Gasteiger partial charge in [-0.1, -0.05) is 6.07 Å². The molecule has 0 aromatic carbocycles. The highest BCUT2D eigenvalue weighted by Crippen LogP contribution is 2.15. The standard InChI is InChI=1S/C14H16N4OS/c19-13(15-10-12-4-3-7-20-12)11-8-16-14(17-9-11)18-5-1-2-6-18/h3-4,7-9H,1-2,5-6,10H2,(H,15,19). The van der Waals surface area contributed by atoms with Crippen molar-refractivity contribution in [1.29, 1.82) is 0 Å². The third-order valence-electron chi connectivity index (χ3n) is 3.29. The molecule has 0 atom stereocenters. The summed E-state index contributed by atoms with van der Waals surface area (Å²) in [5.41, 5.74) is 0.504. The molecule has 6 heteroatoms. The monoisotopic (exact) mass is 288 g/mol. The third kappa shape index (κ3) is 2.96. The molecule has 2 aromatic heterocycles. The summed E-state index contributed by atoms with van der Waals surface area (Å²) in [4.78, 5) is 23.8. The van der Waals surface area contributed by atoms with E-state index in [1.54, 1.807) is 23.7 Å². The van der Waals surface area contributed by atoms with Gasteiger partial charge in [0, 0.05) is 30.4 Å². The van der Waals surface area contributed by atoms with Crippen molar-refractivity contribution in [2.24, 2.45) is 0 Å². The first-order valence-electron chi connectivity index (χ1n) is 6.70. The first-order valence-corrected chi connectivity index (χ1v) is 7.58. The fourth-order valence-corrected chi connectivity index (χ4v) is 2.85. The molecule has 0 unspecified atom stereocenters. The van der Waals surface area contributed by atoms with E-state index in [-0.39, 0.29) is 5.91 Å². The van der Waals surface area contributed by atoms with Crippen LogP contribution < -0.4 is 10.2 Å². The summed E-state index contributed by atoms with van der Waals surface area (Å²) in [6, 6.07) is 3.97. The van der Waals surface area contributed by atoms with Crippen molar-refractivity contribution < 1.29 is 4.79 Å². The van der Waals surface area contributed by atoms with Gasteiger partial charge in [-0.15, -0.1) is 11.3 Å². The molecule has 0 radical (unpaired) electrons. The zero-order chi connectivity index (χ0) is 13.8. The summed E-state index contributed by atoms with van der Waals surface area (Å²) in [5.74, 6) is 0.587. The maximum Gasteiger partial charge on any atom is 0.254 e. The number of hydrogen-bond donors (Lipinski definition) is 1. The molecule has 1 aliphatic rings. The zero-order valence-corrected chi connectivity index (χ0v) is 11.9. The Bertz CT molecular complexity index is 561.